The van der Waals surface area contributed by atoms with Crippen molar-refractivity contribution in [1.29, 1.82) is 0 Å². The number of hydrogen-bond acceptors (Lipinski definition) is 3. The topological polar surface area (TPSA) is 58.2 Å². The van der Waals surface area contributed by atoms with E-state index >= 15 is 0 Å². The molecule has 4 nitrogen and oxygen atoms in total. The number of thioether (sulfide) groups is 1. The highest BCUT2D eigenvalue weighted by molar-refractivity contribution is 8.00. The SMILES string of the molecule is CC(C)NC(=O)CSc1ccccc1C(=O)Nc1ccc(-c2ccccc2)cc1. The normalized spacial score (nSPS) is 10.6. The fourth-order valence-corrected chi connectivity index (χ4v) is 3.72. The van der Waals surface area contributed by atoms with Crippen molar-refractivity contribution in [3.05, 3.63) is 84.4 Å². The van der Waals surface area contributed by atoms with E-state index in [2.05, 4.69) is 22.8 Å². The number of anilines is 1. The van der Waals surface area contributed by atoms with Gasteiger partial charge in [0.25, 0.3) is 5.91 Å². The van der Waals surface area contributed by atoms with E-state index in [0.29, 0.717) is 5.56 Å². The summed E-state index contributed by atoms with van der Waals surface area (Å²) in [5.41, 5.74) is 3.51. The molecular weight excluding hydrogens is 380 g/mol. The number of hydrogen-bond donors (Lipinski definition) is 2. The lowest BCUT2D eigenvalue weighted by Crippen LogP contribution is -2.31. The largest absolute Gasteiger partial charge is 0.353 e. The van der Waals surface area contributed by atoms with Gasteiger partial charge >= 0.3 is 0 Å². The van der Waals surface area contributed by atoms with Gasteiger partial charge in [0.15, 0.2) is 0 Å². The standard InChI is InChI=1S/C24H24N2O2S/c1-17(2)25-23(27)16-29-22-11-7-6-10-21(22)24(28)26-20-14-12-19(13-15-20)18-8-4-3-5-9-18/h3-15,17H,16H2,1-2H3,(H,25,27)(H,26,28). The van der Waals surface area contributed by atoms with Crippen LogP contribution in [0.25, 0.3) is 11.1 Å². The maximum absolute atomic E-state index is 12.8. The van der Waals surface area contributed by atoms with Crippen molar-refractivity contribution in [2.24, 2.45) is 0 Å². The van der Waals surface area contributed by atoms with Gasteiger partial charge in [-0.3, -0.25) is 9.59 Å². The highest BCUT2D eigenvalue weighted by Gasteiger charge is 2.13. The summed E-state index contributed by atoms with van der Waals surface area (Å²) in [7, 11) is 0. The summed E-state index contributed by atoms with van der Waals surface area (Å²) < 4.78 is 0. The third-order valence-electron chi connectivity index (χ3n) is 4.19. The Morgan fingerprint density at radius 2 is 1.45 bits per heavy atom. The molecule has 148 valence electrons. The van der Waals surface area contributed by atoms with Crippen molar-refractivity contribution in [2.45, 2.75) is 24.8 Å². The second-order valence-electron chi connectivity index (χ2n) is 6.90. The first kappa shape index (κ1) is 20.7. The summed E-state index contributed by atoms with van der Waals surface area (Å²) in [5.74, 6) is 0.0374. The molecule has 0 saturated carbocycles. The Bertz CT molecular complexity index is 970. The van der Waals surface area contributed by atoms with Gasteiger partial charge in [-0.25, -0.2) is 0 Å². The zero-order valence-corrected chi connectivity index (χ0v) is 17.3. The van der Waals surface area contributed by atoms with Crippen molar-refractivity contribution < 1.29 is 9.59 Å². The lowest BCUT2D eigenvalue weighted by Gasteiger charge is -2.11. The highest BCUT2D eigenvalue weighted by Crippen LogP contribution is 2.25. The first-order chi connectivity index (χ1) is 14.0. The minimum Gasteiger partial charge on any atom is -0.353 e. The van der Waals surface area contributed by atoms with E-state index in [1.54, 1.807) is 6.07 Å². The minimum atomic E-state index is -0.190. The first-order valence-electron chi connectivity index (χ1n) is 9.51. The molecule has 0 aliphatic heterocycles. The quantitative estimate of drug-likeness (QED) is 0.531. The molecule has 2 amide bonds. The Kier molecular flexibility index (Phi) is 7.09. The van der Waals surface area contributed by atoms with Crippen LogP contribution in [-0.4, -0.2) is 23.6 Å². The highest BCUT2D eigenvalue weighted by atomic mass is 32.2. The number of carbonyl (C=O) groups excluding carboxylic acids is 2. The number of rotatable bonds is 7. The molecule has 0 atom stereocenters. The molecule has 0 spiro atoms. The molecule has 0 heterocycles. The lowest BCUT2D eigenvalue weighted by atomic mass is 10.1. The zero-order valence-electron chi connectivity index (χ0n) is 16.5. The number of carbonyl (C=O) groups is 2. The van der Waals surface area contributed by atoms with E-state index in [1.165, 1.54) is 11.8 Å². The molecule has 0 bridgehead atoms. The fraction of sp³-hybridized carbons (Fsp3) is 0.167. The number of nitrogens with one attached hydrogen (secondary N) is 2. The molecule has 0 radical (unpaired) electrons. The third kappa shape index (κ3) is 5.96. The van der Waals surface area contributed by atoms with Crippen LogP contribution in [0.3, 0.4) is 0 Å². The molecule has 0 fully saturated rings. The Hall–Kier alpha value is -3.05. The van der Waals surface area contributed by atoms with Crippen molar-refractivity contribution in [3.8, 4) is 11.1 Å². The van der Waals surface area contributed by atoms with Crippen LogP contribution in [-0.2, 0) is 4.79 Å². The van der Waals surface area contributed by atoms with Crippen LogP contribution < -0.4 is 10.6 Å². The smallest absolute Gasteiger partial charge is 0.256 e. The predicted octanol–water partition coefficient (Wildman–Crippen LogP) is 5.22. The average Bonchev–Trinajstić information content (AvgIpc) is 2.73. The molecule has 3 aromatic carbocycles. The van der Waals surface area contributed by atoms with Gasteiger partial charge in [-0.05, 0) is 49.2 Å². The Labute approximate surface area is 175 Å². The molecule has 3 rings (SSSR count). The monoisotopic (exact) mass is 404 g/mol. The van der Waals surface area contributed by atoms with Crippen LogP contribution in [0.4, 0.5) is 5.69 Å². The minimum absolute atomic E-state index is 0.0447. The van der Waals surface area contributed by atoms with Gasteiger partial charge in [-0.15, -0.1) is 11.8 Å². The molecule has 29 heavy (non-hydrogen) atoms. The Morgan fingerprint density at radius 1 is 0.828 bits per heavy atom. The average molecular weight is 405 g/mol. The maximum atomic E-state index is 12.8. The van der Waals surface area contributed by atoms with Crippen LogP contribution in [0.15, 0.2) is 83.8 Å². The molecule has 0 aliphatic rings. The van der Waals surface area contributed by atoms with E-state index in [4.69, 9.17) is 0 Å². The van der Waals surface area contributed by atoms with Crippen LogP contribution in [0.5, 0.6) is 0 Å². The van der Waals surface area contributed by atoms with Crippen molar-refractivity contribution >= 4 is 29.3 Å². The first-order valence-corrected chi connectivity index (χ1v) is 10.5. The lowest BCUT2D eigenvalue weighted by molar-refractivity contribution is -0.119. The van der Waals surface area contributed by atoms with Gasteiger partial charge in [-0.2, -0.15) is 0 Å². The molecule has 0 aromatic heterocycles. The van der Waals surface area contributed by atoms with Crippen LogP contribution >= 0.6 is 11.8 Å². The molecule has 0 aliphatic carbocycles. The van der Waals surface area contributed by atoms with E-state index in [-0.39, 0.29) is 23.6 Å². The molecule has 0 unspecified atom stereocenters. The van der Waals surface area contributed by atoms with E-state index in [1.807, 2.05) is 74.5 Å². The predicted molar refractivity (Wildman–Crippen MR) is 120 cm³/mol. The van der Waals surface area contributed by atoms with Crippen molar-refractivity contribution in [2.75, 3.05) is 11.1 Å². The summed E-state index contributed by atoms with van der Waals surface area (Å²) in [6.45, 7) is 3.85. The second kappa shape index (κ2) is 9.94. The van der Waals surface area contributed by atoms with E-state index in [9.17, 15) is 9.59 Å². The fourth-order valence-electron chi connectivity index (χ4n) is 2.86. The molecule has 3 aromatic rings. The third-order valence-corrected chi connectivity index (χ3v) is 5.26. The molecule has 5 heteroatoms. The van der Waals surface area contributed by atoms with E-state index < -0.39 is 0 Å². The summed E-state index contributed by atoms with van der Waals surface area (Å²) in [5, 5.41) is 5.80. The van der Waals surface area contributed by atoms with Crippen LogP contribution in [0, 0.1) is 0 Å². The van der Waals surface area contributed by atoms with Gasteiger partial charge in [0.1, 0.15) is 0 Å². The molecule has 2 N–H and O–H groups in total. The zero-order chi connectivity index (χ0) is 20.6. The summed E-state index contributed by atoms with van der Waals surface area (Å²) in [6, 6.07) is 25.3. The summed E-state index contributed by atoms with van der Waals surface area (Å²) in [4.78, 5) is 25.5. The van der Waals surface area contributed by atoms with E-state index in [0.717, 1.165) is 21.7 Å². The summed E-state index contributed by atoms with van der Waals surface area (Å²) >= 11 is 1.36. The second-order valence-corrected chi connectivity index (χ2v) is 7.92. The van der Waals surface area contributed by atoms with Gasteiger partial charge in [-0.1, -0.05) is 54.6 Å². The van der Waals surface area contributed by atoms with Gasteiger partial charge in [0.05, 0.1) is 11.3 Å². The van der Waals surface area contributed by atoms with Crippen molar-refractivity contribution in [3.63, 3.8) is 0 Å². The van der Waals surface area contributed by atoms with Crippen LogP contribution in [0.1, 0.15) is 24.2 Å². The van der Waals surface area contributed by atoms with Crippen LogP contribution in [0.2, 0.25) is 0 Å². The molecule has 0 saturated heterocycles. The van der Waals surface area contributed by atoms with Gasteiger partial charge < -0.3 is 10.6 Å². The van der Waals surface area contributed by atoms with Crippen molar-refractivity contribution in [1.82, 2.24) is 5.32 Å². The Morgan fingerprint density at radius 3 is 2.14 bits per heavy atom. The molecular formula is C24H24N2O2S. The number of benzene rings is 3. The van der Waals surface area contributed by atoms with Gasteiger partial charge in [0, 0.05) is 16.6 Å². The summed E-state index contributed by atoms with van der Waals surface area (Å²) in [6.07, 6.45) is 0. The Balaban J connectivity index is 1.67. The maximum Gasteiger partial charge on any atom is 0.256 e. The number of amides is 2. The van der Waals surface area contributed by atoms with Gasteiger partial charge in [0.2, 0.25) is 5.91 Å².